The van der Waals surface area contributed by atoms with Gasteiger partial charge in [-0.2, -0.15) is 0 Å². The summed E-state index contributed by atoms with van der Waals surface area (Å²) in [6.07, 6.45) is 1.87. The zero-order chi connectivity index (χ0) is 22.2. The third-order valence-electron chi connectivity index (χ3n) is 6.99. The second-order valence-corrected chi connectivity index (χ2v) is 9.92. The van der Waals surface area contributed by atoms with Crippen LogP contribution in [0.3, 0.4) is 0 Å². The fourth-order valence-corrected chi connectivity index (χ4v) is 6.69. The number of nitrogens with zero attached hydrogens (tertiary/aromatic N) is 2. The lowest BCUT2D eigenvalue weighted by molar-refractivity contribution is 1.08. The van der Waals surface area contributed by atoms with Gasteiger partial charge in [0.2, 0.25) is 0 Å². The highest BCUT2D eigenvalue weighted by Crippen LogP contribution is 2.43. The monoisotopic (exact) mass is 450 g/mol. The van der Waals surface area contributed by atoms with Gasteiger partial charge in [0.15, 0.2) is 0 Å². The molecule has 0 fully saturated rings. The normalized spacial score (nSPS) is 12.1. The van der Waals surface area contributed by atoms with Gasteiger partial charge in [0.25, 0.3) is 0 Å². The van der Waals surface area contributed by atoms with Crippen LogP contribution in [0.1, 0.15) is 0 Å². The molecule has 0 aliphatic heterocycles. The van der Waals surface area contributed by atoms with Crippen LogP contribution in [0.25, 0.3) is 69.3 Å². The molecule has 0 spiro atoms. The van der Waals surface area contributed by atoms with Gasteiger partial charge in [0.05, 0.1) is 11.0 Å². The molecule has 0 unspecified atom stereocenters. The van der Waals surface area contributed by atoms with Crippen LogP contribution in [0.4, 0.5) is 0 Å². The second kappa shape index (κ2) is 6.66. The predicted octanol–water partition coefficient (Wildman–Crippen LogP) is 8.85. The van der Waals surface area contributed by atoms with Crippen LogP contribution in [0.2, 0.25) is 0 Å². The molecule has 0 aliphatic carbocycles. The molecule has 2 nitrogen and oxygen atoms in total. The molecule has 0 saturated carbocycles. The van der Waals surface area contributed by atoms with Gasteiger partial charge in [-0.25, -0.2) is 4.98 Å². The summed E-state index contributed by atoms with van der Waals surface area (Å²) in [5, 5.41) is 10.3. The van der Waals surface area contributed by atoms with E-state index in [2.05, 4.69) is 102 Å². The number of aromatic nitrogens is 2. The summed E-state index contributed by atoms with van der Waals surface area (Å²) in [5.74, 6) is 0.946. The Labute approximate surface area is 199 Å². The first-order valence-electron chi connectivity index (χ1n) is 11.5. The number of hydrogen-bond acceptors (Lipinski definition) is 2. The molecule has 158 valence electrons. The lowest BCUT2D eigenvalue weighted by atomic mass is 10.0. The fourth-order valence-electron chi connectivity index (χ4n) is 5.43. The van der Waals surface area contributed by atoms with Gasteiger partial charge in [0, 0.05) is 37.1 Å². The Morgan fingerprint density at radius 3 is 2.12 bits per heavy atom. The molecule has 8 rings (SSSR count). The van der Waals surface area contributed by atoms with Crippen LogP contribution in [-0.2, 0) is 0 Å². The molecular formula is C31H18N2S. The van der Waals surface area contributed by atoms with Crippen LogP contribution in [0, 0.1) is 0 Å². The Morgan fingerprint density at radius 1 is 0.529 bits per heavy atom. The van der Waals surface area contributed by atoms with E-state index in [4.69, 9.17) is 4.98 Å². The van der Waals surface area contributed by atoms with Crippen molar-refractivity contribution in [2.45, 2.75) is 0 Å². The van der Waals surface area contributed by atoms with Crippen LogP contribution in [-0.4, -0.2) is 9.55 Å². The maximum atomic E-state index is 4.74. The Morgan fingerprint density at radius 2 is 1.26 bits per heavy atom. The van der Waals surface area contributed by atoms with Gasteiger partial charge in [0.1, 0.15) is 5.82 Å². The topological polar surface area (TPSA) is 17.8 Å². The van der Waals surface area contributed by atoms with Crippen LogP contribution in [0.5, 0.6) is 0 Å². The first kappa shape index (κ1) is 18.2. The molecule has 0 amide bonds. The van der Waals surface area contributed by atoms with Crippen molar-refractivity contribution in [3.05, 3.63) is 109 Å². The van der Waals surface area contributed by atoms with Gasteiger partial charge in [-0.15, -0.1) is 11.3 Å². The van der Waals surface area contributed by atoms with Gasteiger partial charge < -0.3 is 0 Å². The third-order valence-corrected chi connectivity index (χ3v) is 8.20. The quantitative estimate of drug-likeness (QED) is 0.244. The molecule has 5 aromatic carbocycles. The number of pyridine rings is 1. The first-order chi connectivity index (χ1) is 16.8. The Balaban J connectivity index is 1.58. The lowest BCUT2D eigenvalue weighted by Crippen LogP contribution is -1.96. The molecule has 8 aromatic rings. The van der Waals surface area contributed by atoms with Gasteiger partial charge in [-0.1, -0.05) is 66.7 Å². The molecule has 3 heterocycles. The van der Waals surface area contributed by atoms with Crippen molar-refractivity contribution in [3.63, 3.8) is 0 Å². The Kier molecular flexibility index (Phi) is 3.57. The molecule has 0 bridgehead atoms. The van der Waals surface area contributed by atoms with E-state index in [0.717, 1.165) is 5.82 Å². The van der Waals surface area contributed by atoms with Crippen molar-refractivity contribution >= 4 is 74.9 Å². The van der Waals surface area contributed by atoms with Crippen LogP contribution >= 0.6 is 11.3 Å². The van der Waals surface area contributed by atoms with Gasteiger partial charge >= 0.3 is 0 Å². The minimum absolute atomic E-state index is 0.946. The Hall–Kier alpha value is -4.21. The standard InChI is InChI=1S/C31H18N2S/c1-2-9-21-16-27-24(15-20(21)8-1)25-18-29-26(17-28(25)33(27)30-11-5-6-14-32-30)23-13-12-19-7-3-4-10-22(19)31(23)34-29/h1-18H. The van der Waals surface area contributed by atoms with Gasteiger partial charge in [-0.05, 0) is 57.9 Å². The maximum absolute atomic E-state index is 4.74. The van der Waals surface area contributed by atoms with Crippen molar-refractivity contribution in [2.75, 3.05) is 0 Å². The van der Waals surface area contributed by atoms with E-state index in [1.165, 1.54) is 63.5 Å². The largest absolute Gasteiger partial charge is 0.294 e. The summed E-state index contributed by atoms with van der Waals surface area (Å²) in [7, 11) is 0. The molecule has 0 radical (unpaired) electrons. The van der Waals surface area contributed by atoms with E-state index in [9.17, 15) is 0 Å². The first-order valence-corrected chi connectivity index (χ1v) is 12.3. The minimum atomic E-state index is 0.946. The summed E-state index contributed by atoms with van der Waals surface area (Å²) in [6, 6.07) is 37.3. The van der Waals surface area contributed by atoms with Crippen molar-refractivity contribution in [3.8, 4) is 5.82 Å². The summed E-state index contributed by atoms with van der Waals surface area (Å²) >= 11 is 1.90. The number of thiophene rings is 1. The van der Waals surface area contributed by atoms with Crippen LogP contribution < -0.4 is 0 Å². The van der Waals surface area contributed by atoms with E-state index >= 15 is 0 Å². The summed E-state index contributed by atoms with van der Waals surface area (Å²) in [5.41, 5.74) is 2.39. The van der Waals surface area contributed by atoms with Crippen molar-refractivity contribution in [1.82, 2.24) is 9.55 Å². The van der Waals surface area contributed by atoms with Crippen LogP contribution in [0.15, 0.2) is 109 Å². The molecular weight excluding hydrogens is 432 g/mol. The number of benzene rings is 5. The average Bonchev–Trinajstić information content (AvgIpc) is 3.41. The van der Waals surface area contributed by atoms with E-state index in [-0.39, 0.29) is 0 Å². The second-order valence-electron chi connectivity index (χ2n) is 8.87. The molecule has 3 aromatic heterocycles. The molecule has 0 N–H and O–H groups in total. The van der Waals surface area contributed by atoms with E-state index < -0.39 is 0 Å². The van der Waals surface area contributed by atoms with Crippen molar-refractivity contribution in [2.24, 2.45) is 0 Å². The average molecular weight is 451 g/mol. The highest BCUT2D eigenvalue weighted by Gasteiger charge is 2.17. The summed E-state index contributed by atoms with van der Waals surface area (Å²) in [4.78, 5) is 4.74. The van der Waals surface area contributed by atoms with Gasteiger partial charge in [-0.3, -0.25) is 4.57 Å². The number of rotatable bonds is 1. The van der Waals surface area contributed by atoms with Crippen molar-refractivity contribution in [1.29, 1.82) is 0 Å². The van der Waals surface area contributed by atoms with E-state index in [1.54, 1.807) is 0 Å². The third kappa shape index (κ3) is 2.42. The van der Waals surface area contributed by atoms with Crippen molar-refractivity contribution < 1.29 is 0 Å². The minimum Gasteiger partial charge on any atom is -0.294 e. The zero-order valence-electron chi connectivity index (χ0n) is 18.2. The SMILES string of the molecule is c1ccc(-n2c3cc4ccccc4cc3c3cc4sc5c6ccccc6ccc5c4cc32)nc1. The molecule has 34 heavy (non-hydrogen) atoms. The molecule has 0 atom stereocenters. The maximum Gasteiger partial charge on any atom is 0.137 e. The molecule has 0 aliphatic rings. The predicted molar refractivity (Wildman–Crippen MR) is 146 cm³/mol. The Bertz CT molecular complexity index is 2060. The highest BCUT2D eigenvalue weighted by molar-refractivity contribution is 7.26. The summed E-state index contributed by atoms with van der Waals surface area (Å²) < 4.78 is 5.01. The number of hydrogen-bond donors (Lipinski definition) is 0. The van der Waals surface area contributed by atoms with E-state index in [0.29, 0.717) is 0 Å². The summed E-state index contributed by atoms with van der Waals surface area (Å²) in [6.45, 7) is 0. The molecule has 3 heteroatoms. The highest BCUT2D eigenvalue weighted by atomic mass is 32.1. The van der Waals surface area contributed by atoms with E-state index in [1.807, 2.05) is 23.6 Å². The zero-order valence-corrected chi connectivity index (χ0v) is 19.0. The number of fused-ring (bicyclic) bond motifs is 9. The lowest BCUT2D eigenvalue weighted by Gasteiger charge is -2.07. The molecule has 0 saturated heterocycles. The smallest absolute Gasteiger partial charge is 0.137 e. The fraction of sp³-hybridized carbons (Fsp3) is 0.